The van der Waals surface area contributed by atoms with Crippen LogP contribution in [0.5, 0.6) is 0 Å². The van der Waals surface area contributed by atoms with Gasteiger partial charge in [-0.3, -0.25) is 0 Å². The maximum atomic E-state index is 2.34. The van der Waals surface area contributed by atoms with E-state index in [9.17, 15) is 0 Å². The molecule has 0 saturated carbocycles. The first-order valence-electron chi connectivity index (χ1n) is 5.43. The molecule has 0 aliphatic heterocycles. The van der Waals surface area contributed by atoms with E-state index >= 15 is 0 Å². The first kappa shape index (κ1) is 15.0. The summed E-state index contributed by atoms with van der Waals surface area (Å²) >= 11 is 1.57. The van der Waals surface area contributed by atoms with Crippen LogP contribution in [0.25, 0.3) is 11.6 Å². The summed E-state index contributed by atoms with van der Waals surface area (Å²) in [5.74, 6) is 0. The fourth-order valence-electron chi connectivity index (χ4n) is 2.20. The van der Waals surface area contributed by atoms with Crippen LogP contribution in [0, 0.1) is 0 Å². The van der Waals surface area contributed by atoms with Crippen LogP contribution in [0.2, 0.25) is 0 Å². The molecule has 0 spiro atoms. The van der Waals surface area contributed by atoms with Gasteiger partial charge in [-0.15, -0.1) is 0 Å². The number of hydrogen-bond acceptors (Lipinski definition) is 0. The Morgan fingerprint density at radius 1 is 0.778 bits per heavy atom. The maximum absolute atomic E-state index is 2.34. The Balaban J connectivity index is 0.000000810. The second kappa shape index (κ2) is 6.20. The van der Waals surface area contributed by atoms with Gasteiger partial charge in [0.25, 0.3) is 0 Å². The van der Waals surface area contributed by atoms with E-state index in [4.69, 9.17) is 0 Å². The molecule has 2 aromatic carbocycles. The van der Waals surface area contributed by atoms with E-state index in [1.165, 1.54) is 22.3 Å². The van der Waals surface area contributed by atoms with Crippen LogP contribution in [0.15, 0.2) is 54.6 Å². The number of rotatable bonds is 1. The molecule has 89 valence electrons. The molecule has 3 rings (SSSR count). The second-order valence-electron chi connectivity index (χ2n) is 4.03. The molecule has 1 aliphatic carbocycles. The standard InChI is InChI=1S/C15H11.2FH.Zr/c1-2-6-12(7-3-1)15-10-13-8-4-5-9-14(13)11-15;;;/h1-11H;2*1H;/q;;;+2/p-2. The van der Waals surface area contributed by atoms with Crippen molar-refractivity contribution >= 4 is 11.6 Å². The molecule has 18 heavy (non-hydrogen) atoms. The number of benzene rings is 2. The molecule has 0 nitrogen and oxygen atoms in total. The summed E-state index contributed by atoms with van der Waals surface area (Å²) in [6.07, 6.45) is 2.34. The van der Waals surface area contributed by atoms with E-state index in [1.807, 2.05) is 0 Å². The van der Waals surface area contributed by atoms with Crippen molar-refractivity contribution in [1.82, 2.24) is 0 Å². The molecule has 1 atom stereocenters. The first-order valence-corrected chi connectivity index (χ1v) is 6.85. The van der Waals surface area contributed by atoms with Crippen LogP contribution in [-0.2, 0) is 24.7 Å². The zero-order valence-electron chi connectivity index (χ0n) is 9.61. The Hall–Kier alpha value is -1.08. The second-order valence-corrected chi connectivity index (χ2v) is 5.45. The van der Waals surface area contributed by atoms with E-state index in [0.29, 0.717) is 3.63 Å². The fraction of sp³-hybridized carbons (Fsp3) is 0.0667. The summed E-state index contributed by atoms with van der Waals surface area (Å²) in [6, 6.07) is 19.4. The van der Waals surface area contributed by atoms with Gasteiger partial charge in [0.1, 0.15) is 0 Å². The average Bonchev–Trinajstić information content (AvgIpc) is 2.69. The fourth-order valence-corrected chi connectivity index (χ4v) is 3.46. The van der Waals surface area contributed by atoms with Gasteiger partial charge in [-0.25, -0.2) is 0 Å². The quantitative estimate of drug-likeness (QED) is 0.561. The summed E-state index contributed by atoms with van der Waals surface area (Å²) in [4.78, 5) is 0. The van der Waals surface area contributed by atoms with Gasteiger partial charge in [-0.2, -0.15) is 0 Å². The van der Waals surface area contributed by atoms with Crippen molar-refractivity contribution < 1.29 is 34.1 Å². The van der Waals surface area contributed by atoms with Crippen LogP contribution in [0.4, 0.5) is 0 Å². The van der Waals surface area contributed by atoms with Gasteiger partial charge in [0.15, 0.2) is 0 Å². The zero-order chi connectivity index (χ0) is 11.0. The Bertz CT molecular complexity index is 549. The van der Waals surface area contributed by atoms with Gasteiger partial charge in [-0.05, 0) is 0 Å². The molecule has 0 N–H and O–H groups in total. The monoisotopic (exact) mass is 319 g/mol. The van der Waals surface area contributed by atoms with Crippen LogP contribution in [0.3, 0.4) is 0 Å². The molecule has 1 aliphatic rings. The van der Waals surface area contributed by atoms with Crippen molar-refractivity contribution in [3.8, 4) is 0 Å². The van der Waals surface area contributed by atoms with Gasteiger partial charge >= 0.3 is 111 Å². The predicted molar refractivity (Wildman–Crippen MR) is 63.5 cm³/mol. The molecule has 0 bridgehead atoms. The Kier molecular flexibility index (Phi) is 5.16. The normalized spacial score (nSPS) is 16.1. The van der Waals surface area contributed by atoms with Crippen molar-refractivity contribution in [3.63, 3.8) is 0 Å². The Labute approximate surface area is 120 Å². The third-order valence-electron chi connectivity index (χ3n) is 3.04. The Morgan fingerprint density at radius 3 is 2.06 bits per heavy atom. The van der Waals surface area contributed by atoms with Crippen LogP contribution in [0.1, 0.15) is 20.3 Å². The number of hydrogen-bond donors (Lipinski definition) is 0. The molecule has 3 heteroatoms. The number of fused-ring (bicyclic) bond motifs is 1. The van der Waals surface area contributed by atoms with E-state index in [1.54, 1.807) is 24.7 Å². The van der Waals surface area contributed by atoms with E-state index in [2.05, 4.69) is 60.7 Å². The summed E-state index contributed by atoms with van der Waals surface area (Å²) in [6.45, 7) is 0. The van der Waals surface area contributed by atoms with Gasteiger partial charge < -0.3 is 9.41 Å². The van der Waals surface area contributed by atoms with Crippen LogP contribution >= 0.6 is 0 Å². The molecule has 1 unspecified atom stereocenters. The van der Waals surface area contributed by atoms with E-state index in [-0.39, 0.29) is 9.41 Å². The molecule has 0 fully saturated rings. The molecule has 0 radical (unpaired) electrons. The van der Waals surface area contributed by atoms with Crippen molar-refractivity contribution in [2.45, 2.75) is 3.63 Å². The van der Waals surface area contributed by atoms with E-state index < -0.39 is 0 Å². The Morgan fingerprint density at radius 2 is 1.39 bits per heavy atom. The third-order valence-corrected chi connectivity index (χ3v) is 4.57. The van der Waals surface area contributed by atoms with Crippen LogP contribution < -0.4 is 9.41 Å². The summed E-state index contributed by atoms with van der Waals surface area (Å²) in [5.41, 5.74) is 5.71. The van der Waals surface area contributed by atoms with Gasteiger partial charge in [-0.1, -0.05) is 0 Å². The molecular formula is C15H11F2Zr. The first-order chi connectivity index (χ1) is 7.86. The summed E-state index contributed by atoms with van der Waals surface area (Å²) < 4.78 is 0.603. The van der Waals surface area contributed by atoms with Crippen molar-refractivity contribution in [1.29, 1.82) is 0 Å². The molecule has 0 heterocycles. The van der Waals surface area contributed by atoms with E-state index in [0.717, 1.165) is 0 Å². The number of halogens is 2. The topological polar surface area (TPSA) is 0 Å². The molecule has 2 aromatic rings. The summed E-state index contributed by atoms with van der Waals surface area (Å²) in [5, 5.41) is 0. The summed E-state index contributed by atoms with van der Waals surface area (Å²) in [7, 11) is 0. The van der Waals surface area contributed by atoms with Crippen molar-refractivity contribution in [2.75, 3.05) is 0 Å². The van der Waals surface area contributed by atoms with Crippen LogP contribution in [-0.4, -0.2) is 0 Å². The predicted octanol–water partition coefficient (Wildman–Crippen LogP) is -2.16. The van der Waals surface area contributed by atoms with Gasteiger partial charge in [0.05, 0.1) is 0 Å². The molecular weight excluding hydrogens is 309 g/mol. The molecule has 0 amide bonds. The van der Waals surface area contributed by atoms with Crippen molar-refractivity contribution in [2.24, 2.45) is 0 Å². The van der Waals surface area contributed by atoms with Crippen molar-refractivity contribution in [3.05, 3.63) is 71.3 Å². The minimum absolute atomic E-state index is 0. The molecule has 0 saturated heterocycles. The number of allylic oxidation sites excluding steroid dienone is 1. The zero-order valence-corrected chi connectivity index (χ0v) is 12.1. The average molecular weight is 320 g/mol. The third kappa shape index (κ3) is 2.51. The minimum atomic E-state index is 0. The SMILES string of the molecule is [F-].[F-].[Zr+2][CH]1C(c2ccccc2)=Cc2ccccc21. The van der Waals surface area contributed by atoms with Gasteiger partial charge in [0, 0.05) is 0 Å². The molecule has 0 aromatic heterocycles. The van der Waals surface area contributed by atoms with Gasteiger partial charge in [0.2, 0.25) is 0 Å².